The monoisotopic (exact) mass is 546 g/mol. The Kier molecular flexibility index (Phi) is 11.6. The molecule has 1 aliphatic heterocycles. The molecule has 2 heterocycles. The largest absolute Gasteiger partial charge is 0.466 e. The average Bonchev–Trinajstić information content (AvgIpc) is 3.24. The summed E-state index contributed by atoms with van der Waals surface area (Å²) in [5.74, 6) is 2.66. The highest BCUT2D eigenvalue weighted by Gasteiger charge is 2.27. The molecule has 9 heteroatoms. The minimum atomic E-state index is -0.0505. The van der Waals surface area contributed by atoms with Crippen molar-refractivity contribution >= 4 is 35.9 Å². The van der Waals surface area contributed by atoms with Gasteiger partial charge in [0.2, 0.25) is 0 Å². The van der Waals surface area contributed by atoms with Crippen LogP contribution in [-0.2, 0) is 22.5 Å². The van der Waals surface area contributed by atoms with Crippen LogP contribution >= 0.6 is 24.0 Å². The lowest BCUT2D eigenvalue weighted by molar-refractivity contribution is -0.149. The summed E-state index contributed by atoms with van der Waals surface area (Å²) in [7, 11) is 0. The number of aliphatic imine (C=N–C) groups is 1. The Bertz CT molecular complexity index is 681. The Morgan fingerprint density at radius 2 is 1.94 bits per heavy atom. The second-order valence-electron chi connectivity index (χ2n) is 8.40. The van der Waals surface area contributed by atoms with Crippen LogP contribution in [0, 0.1) is 11.8 Å². The quantitative estimate of drug-likeness (QED) is 0.233. The maximum absolute atomic E-state index is 12.1. The predicted molar refractivity (Wildman–Crippen MR) is 133 cm³/mol. The number of rotatable bonds is 8. The van der Waals surface area contributed by atoms with Crippen molar-refractivity contribution in [3.63, 3.8) is 0 Å². The molecule has 0 amide bonds. The van der Waals surface area contributed by atoms with E-state index in [2.05, 4.69) is 31.9 Å². The summed E-state index contributed by atoms with van der Waals surface area (Å²) in [6, 6.07) is 0. The molecule has 2 fully saturated rings. The van der Waals surface area contributed by atoms with E-state index < -0.39 is 0 Å². The number of carbonyl (C=O) groups is 1. The smallest absolute Gasteiger partial charge is 0.309 e. The van der Waals surface area contributed by atoms with Crippen LogP contribution in [0.25, 0.3) is 0 Å². The molecule has 1 aromatic rings. The van der Waals surface area contributed by atoms with Crippen molar-refractivity contribution in [3.8, 4) is 0 Å². The average molecular weight is 546 g/mol. The highest BCUT2D eigenvalue weighted by atomic mass is 127. The summed E-state index contributed by atoms with van der Waals surface area (Å²) in [5, 5.41) is 11.8. The Balaban J connectivity index is 0.00000341. The van der Waals surface area contributed by atoms with Crippen molar-refractivity contribution in [3.05, 3.63) is 12.2 Å². The molecular formula is C22H39IN6O2. The van der Waals surface area contributed by atoms with Crippen LogP contribution in [0.15, 0.2) is 11.3 Å². The van der Waals surface area contributed by atoms with E-state index in [0.29, 0.717) is 12.5 Å². The van der Waals surface area contributed by atoms with E-state index in [-0.39, 0.29) is 35.9 Å². The molecule has 0 radical (unpaired) electrons. The van der Waals surface area contributed by atoms with Gasteiger partial charge in [-0.1, -0.05) is 26.2 Å². The van der Waals surface area contributed by atoms with Crippen molar-refractivity contribution < 1.29 is 9.53 Å². The number of piperidine rings is 1. The zero-order chi connectivity index (χ0) is 21.2. The Morgan fingerprint density at radius 1 is 1.19 bits per heavy atom. The predicted octanol–water partition coefficient (Wildman–Crippen LogP) is 3.26. The number of hydrogen-bond acceptors (Lipinski definition) is 5. The summed E-state index contributed by atoms with van der Waals surface area (Å²) in [6.45, 7) is 8.60. The highest BCUT2D eigenvalue weighted by molar-refractivity contribution is 14.0. The van der Waals surface area contributed by atoms with E-state index in [1.54, 1.807) is 6.33 Å². The number of nitrogens with zero attached hydrogens (tertiary/aromatic N) is 5. The van der Waals surface area contributed by atoms with Crippen LogP contribution in [0.4, 0.5) is 0 Å². The van der Waals surface area contributed by atoms with Crippen LogP contribution in [0.1, 0.15) is 64.6 Å². The first-order chi connectivity index (χ1) is 14.7. The second-order valence-corrected chi connectivity index (χ2v) is 8.40. The van der Waals surface area contributed by atoms with Gasteiger partial charge in [-0.05, 0) is 38.5 Å². The van der Waals surface area contributed by atoms with Gasteiger partial charge in [0.1, 0.15) is 12.2 Å². The van der Waals surface area contributed by atoms with Gasteiger partial charge in [-0.3, -0.25) is 9.79 Å². The van der Waals surface area contributed by atoms with Crippen LogP contribution in [0.2, 0.25) is 0 Å². The number of aryl methyl sites for hydroxylation is 1. The van der Waals surface area contributed by atoms with Gasteiger partial charge in [0.25, 0.3) is 0 Å². The number of nitrogens with one attached hydrogen (secondary N) is 1. The first kappa shape index (κ1) is 25.9. The molecule has 1 saturated carbocycles. The number of esters is 1. The van der Waals surface area contributed by atoms with E-state index >= 15 is 0 Å². The molecule has 176 valence electrons. The third kappa shape index (κ3) is 7.91. The molecule has 1 saturated heterocycles. The molecule has 0 unspecified atom stereocenters. The molecule has 31 heavy (non-hydrogen) atoms. The van der Waals surface area contributed by atoms with E-state index in [0.717, 1.165) is 63.8 Å². The molecule has 1 N–H and O–H groups in total. The fraction of sp³-hybridized carbons (Fsp3) is 0.818. The fourth-order valence-corrected chi connectivity index (χ4v) is 4.47. The topological polar surface area (TPSA) is 84.6 Å². The van der Waals surface area contributed by atoms with Gasteiger partial charge in [-0.15, -0.1) is 34.2 Å². The highest BCUT2D eigenvalue weighted by Crippen LogP contribution is 2.24. The number of hydrogen-bond donors (Lipinski definition) is 1. The Labute approximate surface area is 203 Å². The lowest BCUT2D eigenvalue weighted by Gasteiger charge is -2.34. The zero-order valence-corrected chi connectivity index (χ0v) is 21.4. The lowest BCUT2D eigenvalue weighted by Crippen LogP contribution is -2.47. The third-order valence-corrected chi connectivity index (χ3v) is 6.29. The van der Waals surface area contributed by atoms with Crippen LogP contribution in [-0.4, -0.2) is 64.4 Å². The molecule has 0 bridgehead atoms. The van der Waals surface area contributed by atoms with Gasteiger partial charge in [0, 0.05) is 39.1 Å². The molecule has 0 atom stereocenters. The molecule has 1 aromatic heterocycles. The van der Waals surface area contributed by atoms with Gasteiger partial charge in [-0.2, -0.15) is 0 Å². The maximum atomic E-state index is 12.1. The first-order valence-electron chi connectivity index (χ1n) is 11.8. The van der Waals surface area contributed by atoms with Crippen LogP contribution in [0.5, 0.6) is 0 Å². The Hall–Kier alpha value is -1.39. The van der Waals surface area contributed by atoms with Gasteiger partial charge in [-0.25, -0.2) is 0 Å². The maximum Gasteiger partial charge on any atom is 0.309 e. The molecule has 1 aliphatic carbocycles. The third-order valence-electron chi connectivity index (χ3n) is 6.29. The summed E-state index contributed by atoms with van der Waals surface area (Å²) in [5.41, 5.74) is 0. The molecule has 2 aliphatic rings. The molecule has 0 aromatic carbocycles. The van der Waals surface area contributed by atoms with Gasteiger partial charge < -0.3 is 19.5 Å². The number of likely N-dealkylation sites (tertiary alicyclic amines) is 1. The molecule has 8 nitrogen and oxygen atoms in total. The molecular weight excluding hydrogens is 507 g/mol. The summed E-state index contributed by atoms with van der Waals surface area (Å²) < 4.78 is 7.31. The zero-order valence-electron chi connectivity index (χ0n) is 19.1. The van der Waals surface area contributed by atoms with Crippen LogP contribution in [0.3, 0.4) is 0 Å². The van der Waals surface area contributed by atoms with Crippen molar-refractivity contribution in [2.75, 3.05) is 32.8 Å². The van der Waals surface area contributed by atoms with Crippen LogP contribution < -0.4 is 5.32 Å². The fourth-order valence-electron chi connectivity index (χ4n) is 4.47. The molecule has 3 rings (SSSR count). The number of ether oxygens (including phenoxy) is 1. The van der Waals surface area contributed by atoms with Gasteiger partial charge in [0.05, 0.1) is 12.5 Å². The van der Waals surface area contributed by atoms with Crippen molar-refractivity contribution in [1.82, 2.24) is 25.0 Å². The van der Waals surface area contributed by atoms with Gasteiger partial charge in [0.15, 0.2) is 5.96 Å². The first-order valence-corrected chi connectivity index (χ1v) is 11.8. The minimum absolute atomic E-state index is 0. The van der Waals surface area contributed by atoms with E-state index in [9.17, 15) is 4.79 Å². The number of guanidine groups is 1. The number of aromatic nitrogens is 3. The Morgan fingerprint density at radius 3 is 2.61 bits per heavy atom. The lowest BCUT2D eigenvalue weighted by atomic mass is 9.89. The summed E-state index contributed by atoms with van der Waals surface area (Å²) in [6.07, 6.45) is 11.0. The number of carbonyl (C=O) groups excluding carboxylic acids is 1. The summed E-state index contributed by atoms with van der Waals surface area (Å²) >= 11 is 0. The minimum Gasteiger partial charge on any atom is -0.466 e. The molecule has 0 spiro atoms. The second kappa shape index (κ2) is 13.9. The van der Waals surface area contributed by atoms with E-state index in [4.69, 9.17) is 9.73 Å². The normalized spacial score (nSPS) is 18.5. The SMILES string of the molecule is CCOC(=O)C1CCN(C(=NCC2CCCCC2)NCCn2cnnc2CC)CC1.I. The van der Waals surface area contributed by atoms with Crippen molar-refractivity contribution in [1.29, 1.82) is 0 Å². The van der Waals surface area contributed by atoms with E-state index in [1.807, 2.05) is 6.92 Å². The summed E-state index contributed by atoms with van der Waals surface area (Å²) in [4.78, 5) is 19.4. The van der Waals surface area contributed by atoms with Crippen molar-refractivity contribution in [2.24, 2.45) is 16.8 Å². The van der Waals surface area contributed by atoms with E-state index in [1.165, 1.54) is 32.1 Å². The van der Waals surface area contributed by atoms with Crippen molar-refractivity contribution in [2.45, 2.75) is 71.8 Å². The van der Waals surface area contributed by atoms with Gasteiger partial charge >= 0.3 is 5.97 Å². The standard InChI is InChI=1S/C22H38N6O2.HI/c1-3-20-26-25-17-28(20)15-12-23-22(24-16-18-8-6-5-7-9-18)27-13-10-19(11-14-27)21(29)30-4-2;/h17-19H,3-16H2,1-2H3,(H,23,24);1H. The number of halogens is 1.